The fraction of sp³-hybridized carbons (Fsp3) is 0.800. The predicted molar refractivity (Wildman–Crippen MR) is 80.1 cm³/mol. The molecule has 1 aromatic heterocycles. The molecule has 6 nitrogen and oxygen atoms in total. The van der Waals surface area contributed by atoms with Crippen LogP contribution in [0.5, 0.6) is 0 Å². The van der Waals surface area contributed by atoms with Crippen molar-refractivity contribution in [3.05, 3.63) is 11.6 Å². The van der Waals surface area contributed by atoms with Gasteiger partial charge in [0.2, 0.25) is 5.82 Å². The molecule has 1 atom stereocenters. The number of ether oxygens (including phenoxy) is 1. The smallest absolute Gasteiger partial charge is 0.291 e. The van der Waals surface area contributed by atoms with E-state index in [1.165, 1.54) is 0 Å². The van der Waals surface area contributed by atoms with E-state index in [2.05, 4.69) is 41.3 Å². The molecule has 6 heteroatoms. The molecule has 0 bridgehead atoms. The lowest BCUT2D eigenvalue weighted by Crippen LogP contribution is -2.48. The van der Waals surface area contributed by atoms with Crippen LogP contribution in [0.2, 0.25) is 0 Å². The first-order valence-corrected chi connectivity index (χ1v) is 7.98. The van der Waals surface area contributed by atoms with Crippen LogP contribution in [0.15, 0.2) is 0 Å². The number of aromatic nitrogens is 3. The number of hydrogen-bond donors (Lipinski definition) is 2. The molecular formula is C15H26N4O2. The highest BCUT2D eigenvalue weighted by Gasteiger charge is 2.35. The zero-order valence-electron chi connectivity index (χ0n) is 13.2. The number of aryl methyl sites for hydroxylation is 1. The zero-order chi connectivity index (χ0) is 15.3. The number of nitrogens with zero attached hydrogens (tertiary/aromatic N) is 2. The van der Waals surface area contributed by atoms with Crippen LogP contribution in [0.25, 0.3) is 0 Å². The van der Waals surface area contributed by atoms with Gasteiger partial charge in [-0.25, -0.2) is 4.98 Å². The summed E-state index contributed by atoms with van der Waals surface area (Å²) >= 11 is 0. The molecule has 0 aliphatic carbocycles. The topological polar surface area (TPSA) is 79.9 Å². The summed E-state index contributed by atoms with van der Waals surface area (Å²) in [7, 11) is 0. The summed E-state index contributed by atoms with van der Waals surface area (Å²) in [4.78, 5) is 16.5. The van der Waals surface area contributed by atoms with Crippen LogP contribution in [-0.4, -0.2) is 39.3 Å². The van der Waals surface area contributed by atoms with Gasteiger partial charge in [0.15, 0.2) is 0 Å². The Balaban J connectivity index is 1.95. The van der Waals surface area contributed by atoms with Gasteiger partial charge in [0, 0.05) is 19.1 Å². The highest BCUT2D eigenvalue weighted by molar-refractivity contribution is 5.90. The SMILES string of the molecule is CCCc1nc(C(=O)NC2CCOC(CC)(CC)C2)n[nH]1. The van der Waals surface area contributed by atoms with Crippen molar-refractivity contribution in [3.63, 3.8) is 0 Å². The second-order valence-corrected chi connectivity index (χ2v) is 5.76. The first kappa shape index (κ1) is 15.9. The molecular weight excluding hydrogens is 268 g/mol. The van der Waals surface area contributed by atoms with Crippen molar-refractivity contribution < 1.29 is 9.53 Å². The summed E-state index contributed by atoms with van der Waals surface area (Å²) in [5.74, 6) is 0.816. The Morgan fingerprint density at radius 1 is 1.43 bits per heavy atom. The fourth-order valence-corrected chi connectivity index (χ4v) is 2.89. The van der Waals surface area contributed by atoms with Crippen molar-refractivity contribution >= 4 is 5.91 Å². The van der Waals surface area contributed by atoms with Crippen molar-refractivity contribution in [2.45, 2.75) is 70.9 Å². The molecule has 2 N–H and O–H groups in total. The average molecular weight is 294 g/mol. The lowest BCUT2D eigenvalue weighted by atomic mass is 9.86. The Bertz CT molecular complexity index is 468. The third kappa shape index (κ3) is 3.81. The lowest BCUT2D eigenvalue weighted by Gasteiger charge is -2.40. The van der Waals surface area contributed by atoms with Crippen LogP contribution in [0, 0.1) is 0 Å². The highest BCUT2D eigenvalue weighted by Crippen LogP contribution is 2.31. The average Bonchev–Trinajstić information content (AvgIpc) is 2.96. The van der Waals surface area contributed by atoms with Gasteiger partial charge < -0.3 is 10.1 Å². The van der Waals surface area contributed by atoms with Crippen molar-refractivity contribution in [2.75, 3.05) is 6.61 Å². The van der Waals surface area contributed by atoms with Crippen LogP contribution in [-0.2, 0) is 11.2 Å². The zero-order valence-corrected chi connectivity index (χ0v) is 13.2. The maximum atomic E-state index is 12.2. The molecule has 118 valence electrons. The minimum Gasteiger partial charge on any atom is -0.375 e. The fourth-order valence-electron chi connectivity index (χ4n) is 2.89. The molecule has 2 heterocycles. The summed E-state index contributed by atoms with van der Waals surface area (Å²) in [5, 5.41) is 9.86. The van der Waals surface area contributed by atoms with Crippen LogP contribution in [0.4, 0.5) is 0 Å². The quantitative estimate of drug-likeness (QED) is 0.843. The summed E-state index contributed by atoms with van der Waals surface area (Å²) < 4.78 is 5.93. The molecule has 0 radical (unpaired) electrons. The first-order chi connectivity index (χ1) is 10.1. The molecule has 1 unspecified atom stereocenters. The minimum atomic E-state index is -0.193. The first-order valence-electron chi connectivity index (χ1n) is 7.98. The molecule has 0 spiro atoms. The molecule has 0 aromatic carbocycles. The normalized spacial score (nSPS) is 21.2. The predicted octanol–water partition coefficient (Wildman–Crippen LogP) is 2.22. The van der Waals surface area contributed by atoms with E-state index >= 15 is 0 Å². The maximum absolute atomic E-state index is 12.2. The van der Waals surface area contributed by atoms with E-state index in [0.717, 1.165) is 44.3 Å². The summed E-state index contributed by atoms with van der Waals surface area (Å²) in [5.41, 5.74) is -0.0947. The van der Waals surface area contributed by atoms with Crippen molar-refractivity contribution in [3.8, 4) is 0 Å². The number of hydrogen-bond acceptors (Lipinski definition) is 4. The van der Waals surface area contributed by atoms with Gasteiger partial charge in [-0.05, 0) is 32.1 Å². The van der Waals surface area contributed by atoms with Gasteiger partial charge in [-0.2, -0.15) is 0 Å². The van der Waals surface area contributed by atoms with Gasteiger partial charge >= 0.3 is 0 Å². The number of rotatable bonds is 6. The Hall–Kier alpha value is -1.43. The summed E-state index contributed by atoms with van der Waals surface area (Å²) in [6.07, 6.45) is 5.43. The molecule has 1 saturated heterocycles. The third-order valence-corrected chi connectivity index (χ3v) is 4.34. The van der Waals surface area contributed by atoms with Crippen LogP contribution < -0.4 is 5.32 Å². The van der Waals surface area contributed by atoms with E-state index < -0.39 is 0 Å². The Morgan fingerprint density at radius 3 is 2.86 bits per heavy atom. The Labute approximate surface area is 126 Å². The van der Waals surface area contributed by atoms with Gasteiger partial charge in [-0.1, -0.05) is 20.8 Å². The monoisotopic (exact) mass is 294 g/mol. The van der Waals surface area contributed by atoms with Crippen molar-refractivity contribution in [2.24, 2.45) is 0 Å². The summed E-state index contributed by atoms with van der Waals surface area (Å²) in [6.45, 7) is 7.04. The van der Waals surface area contributed by atoms with E-state index in [0.29, 0.717) is 6.61 Å². The third-order valence-electron chi connectivity index (χ3n) is 4.34. The lowest BCUT2D eigenvalue weighted by molar-refractivity contribution is -0.0918. The van der Waals surface area contributed by atoms with E-state index in [1.54, 1.807) is 0 Å². The molecule has 2 rings (SSSR count). The van der Waals surface area contributed by atoms with E-state index in [1.807, 2.05) is 0 Å². The second kappa shape index (κ2) is 7.02. The van der Waals surface area contributed by atoms with Gasteiger partial charge in [0.05, 0.1) is 5.60 Å². The number of amides is 1. The van der Waals surface area contributed by atoms with Crippen molar-refractivity contribution in [1.29, 1.82) is 0 Å². The number of aromatic amines is 1. The number of carbonyl (C=O) groups excluding carboxylic acids is 1. The van der Waals surface area contributed by atoms with E-state index in [9.17, 15) is 4.79 Å². The second-order valence-electron chi connectivity index (χ2n) is 5.76. The molecule has 1 fully saturated rings. The van der Waals surface area contributed by atoms with E-state index in [-0.39, 0.29) is 23.4 Å². The Kier molecular flexibility index (Phi) is 5.33. The van der Waals surface area contributed by atoms with E-state index in [4.69, 9.17) is 4.74 Å². The molecule has 0 saturated carbocycles. The van der Waals surface area contributed by atoms with Crippen LogP contribution in [0.1, 0.15) is 69.3 Å². The van der Waals surface area contributed by atoms with Gasteiger partial charge in [-0.3, -0.25) is 9.89 Å². The maximum Gasteiger partial charge on any atom is 0.291 e. The van der Waals surface area contributed by atoms with Crippen LogP contribution >= 0.6 is 0 Å². The Morgan fingerprint density at radius 2 is 2.19 bits per heavy atom. The number of nitrogens with one attached hydrogen (secondary N) is 2. The number of H-pyrrole nitrogens is 1. The molecule has 1 aromatic rings. The largest absolute Gasteiger partial charge is 0.375 e. The molecule has 1 amide bonds. The van der Waals surface area contributed by atoms with Gasteiger partial charge in [0.1, 0.15) is 5.82 Å². The summed E-state index contributed by atoms with van der Waals surface area (Å²) in [6, 6.07) is 0.138. The minimum absolute atomic E-state index is 0.0947. The van der Waals surface area contributed by atoms with Crippen molar-refractivity contribution in [1.82, 2.24) is 20.5 Å². The highest BCUT2D eigenvalue weighted by atomic mass is 16.5. The standard InChI is InChI=1S/C15H26N4O2/c1-4-7-12-17-13(19-18-12)14(20)16-11-8-9-21-15(5-2,6-3)10-11/h11H,4-10H2,1-3H3,(H,16,20)(H,17,18,19). The molecule has 1 aliphatic heterocycles. The number of carbonyl (C=O) groups is 1. The van der Waals surface area contributed by atoms with Crippen LogP contribution in [0.3, 0.4) is 0 Å². The van der Waals surface area contributed by atoms with Gasteiger partial charge in [-0.15, -0.1) is 5.10 Å². The molecule has 21 heavy (non-hydrogen) atoms. The molecule has 1 aliphatic rings. The van der Waals surface area contributed by atoms with Gasteiger partial charge in [0.25, 0.3) is 5.91 Å².